The van der Waals surface area contributed by atoms with Crippen molar-refractivity contribution in [1.82, 2.24) is 10.2 Å². The van der Waals surface area contributed by atoms with Gasteiger partial charge in [0.1, 0.15) is 5.75 Å². The molecule has 4 nitrogen and oxygen atoms in total. The van der Waals surface area contributed by atoms with Crippen molar-refractivity contribution in [3.63, 3.8) is 0 Å². The van der Waals surface area contributed by atoms with Crippen molar-refractivity contribution in [2.24, 2.45) is 5.41 Å². The number of hydrogen-bond acceptors (Lipinski definition) is 3. The molecule has 0 aliphatic rings. The largest absolute Gasteiger partial charge is 0.492 e. The van der Waals surface area contributed by atoms with Crippen molar-refractivity contribution < 1.29 is 4.74 Å². The zero-order chi connectivity index (χ0) is 10.6. The van der Waals surface area contributed by atoms with Crippen LogP contribution < -0.4 is 10.3 Å². The molecule has 0 aliphatic heterocycles. The van der Waals surface area contributed by atoms with E-state index in [2.05, 4.69) is 31.0 Å². The highest BCUT2D eigenvalue weighted by Crippen LogP contribution is 2.18. The van der Waals surface area contributed by atoms with Crippen LogP contribution in [0.5, 0.6) is 5.75 Å². The molecule has 0 aromatic carbocycles. The summed E-state index contributed by atoms with van der Waals surface area (Å²) in [6.07, 6.45) is 2.45. The summed E-state index contributed by atoms with van der Waals surface area (Å²) in [6, 6.07) is 1.40. The van der Waals surface area contributed by atoms with Crippen LogP contribution in [0.3, 0.4) is 0 Å². The minimum atomic E-state index is -0.238. The van der Waals surface area contributed by atoms with E-state index >= 15 is 0 Å². The molecule has 1 rings (SSSR count). The van der Waals surface area contributed by atoms with E-state index in [0.717, 1.165) is 6.42 Å². The molecule has 1 N–H and O–H groups in total. The zero-order valence-corrected chi connectivity index (χ0v) is 8.83. The fourth-order valence-electron chi connectivity index (χ4n) is 0.912. The first-order valence-corrected chi connectivity index (χ1v) is 4.65. The Labute approximate surface area is 83.3 Å². The molecule has 0 bridgehead atoms. The van der Waals surface area contributed by atoms with Crippen LogP contribution in [0.2, 0.25) is 0 Å². The molecule has 0 amide bonds. The molecule has 0 saturated carbocycles. The Hall–Kier alpha value is -1.32. The lowest BCUT2D eigenvalue weighted by molar-refractivity contribution is 0.242. The quantitative estimate of drug-likeness (QED) is 0.798. The molecule has 1 heterocycles. The van der Waals surface area contributed by atoms with E-state index in [9.17, 15) is 4.79 Å². The van der Waals surface area contributed by atoms with Crippen molar-refractivity contribution in [3.8, 4) is 5.75 Å². The number of rotatable bonds is 3. The number of aromatic nitrogens is 2. The van der Waals surface area contributed by atoms with Crippen LogP contribution in [-0.4, -0.2) is 16.8 Å². The maximum absolute atomic E-state index is 10.9. The molecular formula is C10H16N2O2. The summed E-state index contributed by atoms with van der Waals surface area (Å²) >= 11 is 0. The molecular weight excluding hydrogens is 180 g/mol. The van der Waals surface area contributed by atoms with Gasteiger partial charge in [-0.1, -0.05) is 20.8 Å². The second-order valence-electron chi connectivity index (χ2n) is 4.44. The highest BCUT2D eigenvalue weighted by atomic mass is 16.5. The molecule has 14 heavy (non-hydrogen) atoms. The molecule has 0 unspecified atom stereocenters. The van der Waals surface area contributed by atoms with Crippen LogP contribution in [0.25, 0.3) is 0 Å². The van der Waals surface area contributed by atoms with Gasteiger partial charge in [0, 0.05) is 6.07 Å². The topological polar surface area (TPSA) is 55.0 Å². The average molecular weight is 196 g/mol. The van der Waals surface area contributed by atoms with Crippen molar-refractivity contribution in [3.05, 3.63) is 22.6 Å². The summed E-state index contributed by atoms with van der Waals surface area (Å²) < 4.78 is 5.38. The minimum Gasteiger partial charge on any atom is -0.492 e. The van der Waals surface area contributed by atoms with Crippen molar-refractivity contribution in [1.29, 1.82) is 0 Å². The van der Waals surface area contributed by atoms with Gasteiger partial charge < -0.3 is 4.74 Å². The molecule has 0 spiro atoms. The van der Waals surface area contributed by atoms with Gasteiger partial charge in [0.2, 0.25) is 0 Å². The lowest BCUT2D eigenvalue weighted by Gasteiger charge is -2.17. The summed E-state index contributed by atoms with van der Waals surface area (Å²) in [6.45, 7) is 7.04. The molecule has 0 fully saturated rings. The summed E-state index contributed by atoms with van der Waals surface area (Å²) in [7, 11) is 0. The number of nitrogens with one attached hydrogen (secondary N) is 1. The van der Waals surface area contributed by atoms with E-state index < -0.39 is 0 Å². The molecule has 1 aromatic rings. The molecule has 0 radical (unpaired) electrons. The Morgan fingerprint density at radius 1 is 1.50 bits per heavy atom. The van der Waals surface area contributed by atoms with E-state index in [1.165, 1.54) is 12.3 Å². The second-order valence-corrected chi connectivity index (χ2v) is 4.44. The molecule has 0 saturated heterocycles. The van der Waals surface area contributed by atoms with Crippen LogP contribution in [0.15, 0.2) is 17.1 Å². The number of H-pyrrole nitrogens is 1. The standard InChI is InChI=1S/C10H16N2O2/c1-10(2,3)4-5-14-8-6-9(13)12-11-7-8/h6-7H,4-5H2,1-3H3,(H,12,13). The summed E-state index contributed by atoms with van der Waals surface area (Å²) in [5.41, 5.74) is 0.00695. The van der Waals surface area contributed by atoms with Gasteiger partial charge in [-0.25, -0.2) is 5.10 Å². The van der Waals surface area contributed by atoms with Crippen LogP contribution in [0, 0.1) is 5.41 Å². The maximum Gasteiger partial charge on any atom is 0.267 e. The smallest absolute Gasteiger partial charge is 0.267 e. The maximum atomic E-state index is 10.9. The van der Waals surface area contributed by atoms with Crippen LogP contribution >= 0.6 is 0 Å². The normalized spacial score (nSPS) is 11.4. The zero-order valence-electron chi connectivity index (χ0n) is 8.83. The molecule has 1 aromatic heterocycles. The van der Waals surface area contributed by atoms with E-state index in [0.29, 0.717) is 12.4 Å². The predicted octanol–water partition coefficient (Wildman–Crippen LogP) is 1.58. The Kier molecular flexibility index (Phi) is 3.28. The van der Waals surface area contributed by atoms with E-state index in [4.69, 9.17) is 4.74 Å². The third kappa shape index (κ3) is 4.07. The van der Waals surface area contributed by atoms with Gasteiger partial charge in [-0.05, 0) is 11.8 Å². The first-order chi connectivity index (χ1) is 6.47. The lowest BCUT2D eigenvalue weighted by Crippen LogP contribution is -2.12. The molecule has 78 valence electrons. The molecule has 4 heteroatoms. The third-order valence-electron chi connectivity index (χ3n) is 1.76. The van der Waals surface area contributed by atoms with Crippen LogP contribution in [-0.2, 0) is 0 Å². The molecule has 0 aliphatic carbocycles. The first kappa shape index (κ1) is 10.8. The van der Waals surface area contributed by atoms with E-state index in [1.807, 2.05) is 0 Å². The van der Waals surface area contributed by atoms with Gasteiger partial charge in [0.05, 0.1) is 12.8 Å². The first-order valence-electron chi connectivity index (χ1n) is 4.65. The summed E-state index contributed by atoms with van der Waals surface area (Å²) in [4.78, 5) is 10.9. The van der Waals surface area contributed by atoms with Crippen molar-refractivity contribution >= 4 is 0 Å². The van der Waals surface area contributed by atoms with Gasteiger partial charge in [-0.2, -0.15) is 5.10 Å². The Morgan fingerprint density at radius 3 is 2.79 bits per heavy atom. The van der Waals surface area contributed by atoms with Crippen molar-refractivity contribution in [2.45, 2.75) is 27.2 Å². The number of hydrogen-bond donors (Lipinski definition) is 1. The van der Waals surface area contributed by atoms with E-state index in [-0.39, 0.29) is 11.0 Å². The van der Waals surface area contributed by atoms with Crippen LogP contribution in [0.1, 0.15) is 27.2 Å². The fraction of sp³-hybridized carbons (Fsp3) is 0.600. The molecule has 0 atom stereocenters. The Balaban J connectivity index is 2.43. The van der Waals surface area contributed by atoms with Gasteiger partial charge in [0.15, 0.2) is 0 Å². The van der Waals surface area contributed by atoms with Crippen LogP contribution in [0.4, 0.5) is 0 Å². The Morgan fingerprint density at radius 2 is 2.21 bits per heavy atom. The number of ether oxygens (including phenoxy) is 1. The van der Waals surface area contributed by atoms with Gasteiger partial charge in [0.25, 0.3) is 5.56 Å². The summed E-state index contributed by atoms with van der Waals surface area (Å²) in [5.74, 6) is 0.526. The van der Waals surface area contributed by atoms with Crippen molar-refractivity contribution in [2.75, 3.05) is 6.61 Å². The highest BCUT2D eigenvalue weighted by molar-refractivity contribution is 5.12. The van der Waals surface area contributed by atoms with Gasteiger partial charge in [-0.15, -0.1) is 0 Å². The predicted molar refractivity (Wildman–Crippen MR) is 54.4 cm³/mol. The SMILES string of the molecule is CC(C)(C)CCOc1cn[nH]c(=O)c1. The van der Waals surface area contributed by atoms with Gasteiger partial charge >= 0.3 is 0 Å². The summed E-state index contributed by atoms with van der Waals surface area (Å²) in [5, 5.41) is 5.93. The Bertz CT molecular complexity index is 338. The fourth-order valence-corrected chi connectivity index (χ4v) is 0.912. The monoisotopic (exact) mass is 196 g/mol. The lowest BCUT2D eigenvalue weighted by atomic mass is 9.93. The average Bonchev–Trinajstić information content (AvgIpc) is 2.01. The third-order valence-corrected chi connectivity index (χ3v) is 1.76. The highest BCUT2D eigenvalue weighted by Gasteiger charge is 2.09. The van der Waals surface area contributed by atoms with Gasteiger partial charge in [-0.3, -0.25) is 4.79 Å². The number of nitrogens with zero attached hydrogens (tertiary/aromatic N) is 1. The number of aromatic amines is 1. The minimum absolute atomic E-state index is 0.238. The van der Waals surface area contributed by atoms with E-state index in [1.54, 1.807) is 0 Å². The second kappa shape index (κ2) is 4.26.